The van der Waals surface area contributed by atoms with Crippen LogP contribution in [0.3, 0.4) is 0 Å². The SMILES string of the molecule is CC1(c2ccccc2)CCC(=O)C1S(=O)(=O)c1ccccc1. The van der Waals surface area contributed by atoms with E-state index in [1.165, 1.54) is 0 Å². The van der Waals surface area contributed by atoms with E-state index in [1.807, 2.05) is 37.3 Å². The first-order valence-corrected chi connectivity index (χ1v) is 8.88. The lowest BCUT2D eigenvalue weighted by Gasteiger charge is -2.30. The van der Waals surface area contributed by atoms with Crippen molar-refractivity contribution in [2.24, 2.45) is 0 Å². The van der Waals surface area contributed by atoms with Crippen LogP contribution in [0, 0.1) is 0 Å². The van der Waals surface area contributed by atoms with E-state index in [4.69, 9.17) is 0 Å². The van der Waals surface area contributed by atoms with Gasteiger partial charge in [-0.25, -0.2) is 8.42 Å². The van der Waals surface area contributed by atoms with Gasteiger partial charge in [0.05, 0.1) is 4.90 Å². The van der Waals surface area contributed by atoms with Crippen molar-refractivity contribution >= 4 is 15.6 Å². The molecule has 22 heavy (non-hydrogen) atoms. The van der Waals surface area contributed by atoms with Crippen molar-refractivity contribution in [3.8, 4) is 0 Å². The molecule has 0 heterocycles. The number of carbonyl (C=O) groups excluding carboxylic acids is 1. The van der Waals surface area contributed by atoms with E-state index in [2.05, 4.69) is 0 Å². The summed E-state index contributed by atoms with van der Waals surface area (Å²) in [6, 6.07) is 17.7. The average molecular weight is 314 g/mol. The van der Waals surface area contributed by atoms with Gasteiger partial charge in [0.2, 0.25) is 0 Å². The molecule has 0 radical (unpaired) electrons. The molecule has 1 fully saturated rings. The zero-order valence-electron chi connectivity index (χ0n) is 12.4. The van der Waals surface area contributed by atoms with Gasteiger partial charge in [-0.05, 0) is 24.1 Å². The maximum absolute atomic E-state index is 13.0. The summed E-state index contributed by atoms with van der Waals surface area (Å²) < 4.78 is 26.0. The lowest BCUT2D eigenvalue weighted by atomic mass is 9.80. The second-order valence-electron chi connectivity index (χ2n) is 5.99. The maximum Gasteiger partial charge on any atom is 0.189 e. The smallest absolute Gasteiger partial charge is 0.189 e. The van der Waals surface area contributed by atoms with Crippen LogP contribution in [0.15, 0.2) is 65.6 Å². The van der Waals surface area contributed by atoms with Gasteiger partial charge < -0.3 is 0 Å². The van der Waals surface area contributed by atoms with E-state index in [1.54, 1.807) is 30.3 Å². The summed E-state index contributed by atoms with van der Waals surface area (Å²) >= 11 is 0. The standard InChI is InChI=1S/C18H18O3S/c1-18(14-8-4-2-5-9-14)13-12-16(19)17(18)22(20,21)15-10-6-3-7-11-15/h2-11,17H,12-13H2,1H3. The molecule has 0 aromatic heterocycles. The lowest BCUT2D eigenvalue weighted by molar-refractivity contribution is -0.117. The van der Waals surface area contributed by atoms with E-state index in [-0.39, 0.29) is 10.7 Å². The number of hydrogen-bond acceptors (Lipinski definition) is 3. The predicted octanol–water partition coefficient (Wildman–Crippen LogP) is 3.15. The Morgan fingerprint density at radius 3 is 2.09 bits per heavy atom. The van der Waals surface area contributed by atoms with Gasteiger partial charge in [-0.3, -0.25) is 4.79 Å². The summed E-state index contributed by atoms with van der Waals surface area (Å²) in [7, 11) is -3.69. The minimum absolute atomic E-state index is 0.185. The zero-order valence-corrected chi connectivity index (χ0v) is 13.2. The van der Waals surface area contributed by atoms with Crippen LogP contribution in [0.2, 0.25) is 0 Å². The summed E-state index contributed by atoms with van der Waals surface area (Å²) in [6.07, 6.45) is 0.870. The van der Waals surface area contributed by atoms with Crippen molar-refractivity contribution in [2.45, 2.75) is 35.3 Å². The first-order valence-electron chi connectivity index (χ1n) is 7.33. The molecule has 114 valence electrons. The molecule has 2 aromatic carbocycles. The van der Waals surface area contributed by atoms with Gasteiger partial charge >= 0.3 is 0 Å². The zero-order chi connectivity index (χ0) is 15.8. The highest BCUT2D eigenvalue weighted by Crippen LogP contribution is 2.44. The Balaban J connectivity index is 2.13. The van der Waals surface area contributed by atoms with E-state index < -0.39 is 20.5 Å². The Hall–Kier alpha value is -1.94. The quantitative estimate of drug-likeness (QED) is 0.874. The minimum Gasteiger partial charge on any atom is -0.298 e. The van der Waals surface area contributed by atoms with Crippen LogP contribution >= 0.6 is 0 Å². The third kappa shape index (κ3) is 2.28. The Morgan fingerprint density at radius 2 is 1.50 bits per heavy atom. The Morgan fingerprint density at radius 1 is 0.955 bits per heavy atom. The Bertz CT molecular complexity index is 782. The number of benzene rings is 2. The second-order valence-corrected chi connectivity index (χ2v) is 8.02. The molecule has 0 aliphatic heterocycles. The number of carbonyl (C=O) groups is 1. The fourth-order valence-corrected chi connectivity index (χ4v) is 5.59. The highest BCUT2D eigenvalue weighted by atomic mass is 32.2. The third-order valence-corrected chi connectivity index (χ3v) is 6.91. The fraction of sp³-hybridized carbons (Fsp3) is 0.278. The summed E-state index contributed by atoms with van der Waals surface area (Å²) in [5, 5.41) is -1.01. The largest absolute Gasteiger partial charge is 0.298 e. The van der Waals surface area contributed by atoms with E-state index >= 15 is 0 Å². The summed E-state index contributed by atoms with van der Waals surface area (Å²) in [4.78, 5) is 12.6. The van der Waals surface area contributed by atoms with Crippen LogP contribution in [0.25, 0.3) is 0 Å². The normalized spacial score (nSPS) is 25.3. The van der Waals surface area contributed by atoms with Gasteiger partial charge in [0.15, 0.2) is 15.6 Å². The van der Waals surface area contributed by atoms with Crippen LogP contribution in [0.5, 0.6) is 0 Å². The van der Waals surface area contributed by atoms with Gasteiger partial charge in [-0.1, -0.05) is 55.5 Å². The molecule has 3 rings (SSSR count). The van der Waals surface area contributed by atoms with Gasteiger partial charge in [-0.15, -0.1) is 0 Å². The van der Waals surface area contributed by atoms with Gasteiger partial charge in [-0.2, -0.15) is 0 Å². The monoisotopic (exact) mass is 314 g/mol. The number of Topliss-reactive ketones (excluding diaryl/α,β-unsaturated/α-hetero) is 1. The number of sulfone groups is 1. The van der Waals surface area contributed by atoms with E-state index in [0.29, 0.717) is 12.8 Å². The topological polar surface area (TPSA) is 51.2 Å². The molecule has 3 nitrogen and oxygen atoms in total. The van der Waals surface area contributed by atoms with Crippen molar-refractivity contribution < 1.29 is 13.2 Å². The molecule has 2 unspecified atom stereocenters. The molecule has 0 bridgehead atoms. The van der Waals surface area contributed by atoms with Gasteiger partial charge in [0.1, 0.15) is 5.25 Å². The maximum atomic E-state index is 13.0. The molecule has 0 N–H and O–H groups in total. The van der Waals surface area contributed by atoms with Crippen molar-refractivity contribution in [2.75, 3.05) is 0 Å². The van der Waals surface area contributed by atoms with Crippen LogP contribution in [0.4, 0.5) is 0 Å². The van der Waals surface area contributed by atoms with Crippen molar-refractivity contribution in [3.63, 3.8) is 0 Å². The van der Waals surface area contributed by atoms with Gasteiger partial charge in [0.25, 0.3) is 0 Å². The Kier molecular flexibility index (Phi) is 3.65. The summed E-state index contributed by atoms with van der Waals surface area (Å²) in [5.41, 5.74) is 0.234. The number of hydrogen-bond donors (Lipinski definition) is 0. The van der Waals surface area contributed by atoms with Crippen molar-refractivity contribution in [1.29, 1.82) is 0 Å². The molecular formula is C18H18O3S. The number of ketones is 1. The van der Waals surface area contributed by atoms with Crippen LogP contribution in [-0.2, 0) is 20.0 Å². The highest BCUT2D eigenvalue weighted by molar-refractivity contribution is 7.93. The fourth-order valence-electron chi connectivity index (χ4n) is 3.38. The summed E-state index contributed by atoms with van der Waals surface area (Å²) in [5.74, 6) is -0.185. The lowest BCUT2D eigenvalue weighted by Crippen LogP contribution is -2.41. The molecule has 0 amide bonds. The first-order chi connectivity index (χ1) is 10.5. The van der Waals surface area contributed by atoms with Crippen LogP contribution in [0.1, 0.15) is 25.3 Å². The molecule has 1 aliphatic carbocycles. The van der Waals surface area contributed by atoms with Gasteiger partial charge in [0, 0.05) is 11.8 Å². The first kappa shape index (κ1) is 15.0. The van der Waals surface area contributed by atoms with E-state index in [0.717, 1.165) is 5.56 Å². The molecule has 0 spiro atoms. The molecule has 1 aliphatic rings. The van der Waals surface area contributed by atoms with Crippen molar-refractivity contribution in [1.82, 2.24) is 0 Å². The molecule has 1 saturated carbocycles. The minimum atomic E-state index is -3.69. The molecule has 2 atom stereocenters. The average Bonchev–Trinajstić information content (AvgIpc) is 2.86. The number of rotatable bonds is 3. The Labute approximate surface area is 130 Å². The highest BCUT2D eigenvalue weighted by Gasteiger charge is 2.53. The molecule has 4 heteroatoms. The molecule has 2 aromatic rings. The van der Waals surface area contributed by atoms with E-state index in [9.17, 15) is 13.2 Å². The van der Waals surface area contributed by atoms with Crippen LogP contribution in [-0.4, -0.2) is 19.5 Å². The third-order valence-electron chi connectivity index (χ3n) is 4.58. The predicted molar refractivity (Wildman–Crippen MR) is 85.5 cm³/mol. The second kappa shape index (κ2) is 5.36. The molecule has 0 saturated heterocycles. The molecular weight excluding hydrogens is 296 g/mol. The van der Waals surface area contributed by atoms with Crippen molar-refractivity contribution in [3.05, 3.63) is 66.2 Å². The summed E-state index contributed by atoms with van der Waals surface area (Å²) in [6.45, 7) is 1.89. The van der Waals surface area contributed by atoms with Crippen LogP contribution < -0.4 is 0 Å².